The van der Waals surface area contributed by atoms with Crippen LogP contribution >= 0.6 is 0 Å². The number of hydrogen-bond donors (Lipinski definition) is 1. The summed E-state index contributed by atoms with van der Waals surface area (Å²) in [6.07, 6.45) is 4.09. The predicted molar refractivity (Wildman–Crippen MR) is 97.0 cm³/mol. The maximum atomic E-state index is 9.67. The Morgan fingerprint density at radius 1 is 1.22 bits per heavy atom. The molecule has 0 fully saturated rings. The van der Waals surface area contributed by atoms with Gasteiger partial charge in [0, 0.05) is 36.5 Å². The molecule has 0 amide bonds. The summed E-state index contributed by atoms with van der Waals surface area (Å²) >= 11 is 0. The summed E-state index contributed by atoms with van der Waals surface area (Å²) in [5.41, 5.74) is 4.71. The second-order valence-electron chi connectivity index (χ2n) is 6.25. The highest BCUT2D eigenvalue weighted by molar-refractivity contribution is 5.75. The molecular weight excluding hydrogens is 284 g/mol. The second kappa shape index (κ2) is 6.97. The maximum absolute atomic E-state index is 9.67. The van der Waals surface area contributed by atoms with Crippen LogP contribution in [0.5, 0.6) is 0 Å². The van der Waals surface area contributed by atoms with Gasteiger partial charge in [-0.1, -0.05) is 36.4 Å². The van der Waals surface area contributed by atoms with Crippen molar-refractivity contribution >= 4 is 17.6 Å². The maximum Gasteiger partial charge on any atom is 0.0678 e. The Bertz CT molecular complexity index is 681. The number of anilines is 1. The first-order valence-electron chi connectivity index (χ1n) is 8.25. The van der Waals surface area contributed by atoms with E-state index in [9.17, 15) is 5.11 Å². The van der Waals surface area contributed by atoms with Crippen molar-refractivity contribution in [3.63, 3.8) is 0 Å². The zero-order valence-corrected chi connectivity index (χ0v) is 13.8. The smallest absolute Gasteiger partial charge is 0.0678 e. The van der Waals surface area contributed by atoms with Crippen molar-refractivity contribution in [1.29, 1.82) is 0 Å². The van der Waals surface area contributed by atoms with Gasteiger partial charge in [0.25, 0.3) is 0 Å². The van der Waals surface area contributed by atoms with Crippen molar-refractivity contribution < 1.29 is 5.11 Å². The highest BCUT2D eigenvalue weighted by atomic mass is 16.3. The van der Waals surface area contributed by atoms with Crippen molar-refractivity contribution in [2.45, 2.75) is 31.7 Å². The van der Waals surface area contributed by atoms with Crippen LogP contribution in [0.1, 0.15) is 30.4 Å². The summed E-state index contributed by atoms with van der Waals surface area (Å²) in [4.78, 5) is 7.05. The van der Waals surface area contributed by atoms with E-state index in [0.717, 1.165) is 24.1 Å². The Balaban J connectivity index is 1.88. The summed E-state index contributed by atoms with van der Waals surface area (Å²) in [7, 11) is 2.15. The Kier molecular flexibility index (Phi) is 4.77. The molecule has 0 aliphatic carbocycles. The Morgan fingerprint density at radius 2 is 2.00 bits per heavy atom. The average molecular weight is 308 g/mol. The van der Waals surface area contributed by atoms with Gasteiger partial charge in [-0.2, -0.15) is 0 Å². The van der Waals surface area contributed by atoms with Gasteiger partial charge in [-0.05, 0) is 37.5 Å². The van der Waals surface area contributed by atoms with Crippen molar-refractivity contribution in [2.24, 2.45) is 4.99 Å². The Morgan fingerprint density at radius 3 is 2.74 bits per heavy atom. The molecule has 2 aromatic carbocycles. The zero-order chi connectivity index (χ0) is 16.2. The van der Waals surface area contributed by atoms with Gasteiger partial charge in [0.15, 0.2) is 0 Å². The molecule has 2 unspecified atom stereocenters. The van der Waals surface area contributed by atoms with Crippen LogP contribution < -0.4 is 4.90 Å². The van der Waals surface area contributed by atoms with Crippen LogP contribution in [0.3, 0.4) is 0 Å². The topological polar surface area (TPSA) is 35.8 Å². The van der Waals surface area contributed by atoms with Crippen LogP contribution in [0.15, 0.2) is 53.5 Å². The summed E-state index contributed by atoms with van der Waals surface area (Å²) in [5, 5.41) is 9.67. The average Bonchev–Trinajstić information content (AvgIpc) is 2.60. The van der Waals surface area contributed by atoms with E-state index in [1.54, 1.807) is 0 Å². The summed E-state index contributed by atoms with van der Waals surface area (Å²) in [5.74, 6) is -0.0627. The van der Waals surface area contributed by atoms with Crippen LogP contribution in [0.4, 0.5) is 11.4 Å². The first-order valence-corrected chi connectivity index (χ1v) is 8.25. The van der Waals surface area contributed by atoms with E-state index in [1.165, 1.54) is 11.3 Å². The number of benzene rings is 2. The van der Waals surface area contributed by atoms with E-state index >= 15 is 0 Å². The third-order valence-corrected chi connectivity index (χ3v) is 4.80. The molecule has 3 rings (SSSR count). The molecule has 1 aliphatic heterocycles. The van der Waals surface area contributed by atoms with Gasteiger partial charge in [0.1, 0.15) is 0 Å². The minimum Gasteiger partial charge on any atom is -0.395 e. The number of aliphatic hydroxyl groups excluding tert-OH is 1. The van der Waals surface area contributed by atoms with Crippen molar-refractivity contribution in [3.05, 3.63) is 59.7 Å². The van der Waals surface area contributed by atoms with E-state index in [-0.39, 0.29) is 12.5 Å². The minimum absolute atomic E-state index is 0.0627. The molecule has 1 heterocycles. The van der Waals surface area contributed by atoms with Gasteiger partial charge < -0.3 is 10.0 Å². The van der Waals surface area contributed by atoms with Crippen molar-refractivity contribution in [3.8, 4) is 0 Å². The Hall–Kier alpha value is -2.13. The van der Waals surface area contributed by atoms with E-state index in [1.807, 2.05) is 36.5 Å². The molecule has 0 radical (unpaired) electrons. The molecule has 0 aromatic heterocycles. The fourth-order valence-corrected chi connectivity index (χ4v) is 3.16. The van der Waals surface area contributed by atoms with Gasteiger partial charge in [-0.25, -0.2) is 0 Å². The van der Waals surface area contributed by atoms with Gasteiger partial charge in [0.05, 0.1) is 12.3 Å². The number of hydrogen-bond acceptors (Lipinski definition) is 3. The SMILES string of the molecule is CC1CCc2c(/N=C/C(CO)c3ccccc3)cccc2N1C. The number of fused-ring (bicyclic) bond motifs is 1. The molecule has 3 nitrogen and oxygen atoms in total. The van der Waals surface area contributed by atoms with E-state index in [4.69, 9.17) is 4.99 Å². The lowest BCUT2D eigenvalue weighted by Crippen LogP contribution is -2.33. The van der Waals surface area contributed by atoms with Gasteiger partial charge in [-0.3, -0.25) is 4.99 Å². The first kappa shape index (κ1) is 15.8. The molecule has 23 heavy (non-hydrogen) atoms. The highest BCUT2D eigenvalue weighted by Crippen LogP contribution is 2.35. The van der Waals surface area contributed by atoms with Crippen LogP contribution in [0.25, 0.3) is 0 Å². The lowest BCUT2D eigenvalue weighted by Gasteiger charge is -2.34. The highest BCUT2D eigenvalue weighted by Gasteiger charge is 2.21. The van der Waals surface area contributed by atoms with Crippen LogP contribution in [-0.4, -0.2) is 31.0 Å². The van der Waals surface area contributed by atoms with E-state index in [2.05, 4.69) is 37.1 Å². The molecule has 1 N–H and O–H groups in total. The fourth-order valence-electron chi connectivity index (χ4n) is 3.16. The van der Waals surface area contributed by atoms with Crippen LogP contribution in [-0.2, 0) is 6.42 Å². The third-order valence-electron chi connectivity index (χ3n) is 4.80. The quantitative estimate of drug-likeness (QED) is 0.869. The Labute approximate surface area is 138 Å². The number of aliphatic hydroxyl groups is 1. The molecule has 0 spiro atoms. The van der Waals surface area contributed by atoms with E-state index in [0.29, 0.717) is 6.04 Å². The van der Waals surface area contributed by atoms with Crippen molar-refractivity contribution in [2.75, 3.05) is 18.6 Å². The lowest BCUT2D eigenvalue weighted by molar-refractivity contribution is 0.291. The first-order chi connectivity index (χ1) is 11.2. The molecule has 0 saturated heterocycles. The summed E-state index contributed by atoms with van der Waals surface area (Å²) in [6, 6.07) is 16.9. The molecule has 2 aromatic rings. The van der Waals surface area contributed by atoms with Crippen molar-refractivity contribution in [1.82, 2.24) is 0 Å². The molecule has 3 heteroatoms. The van der Waals surface area contributed by atoms with E-state index < -0.39 is 0 Å². The minimum atomic E-state index is -0.0627. The molecule has 0 saturated carbocycles. The third kappa shape index (κ3) is 3.30. The zero-order valence-electron chi connectivity index (χ0n) is 13.8. The lowest BCUT2D eigenvalue weighted by atomic mass is 9.95. The number of rotatable bonds is 4. The number of aliphatic imine (C=N–C) groups is 1. The van der Waals surface area contributed by atoms with Gasteiger partial charge in [-0.15, -0.1) is 0 Å². The molecule has 1 aliphatic rings. The molecular formula is C20H24N2O. The van der Waals surface area contributed by atoms with Crippen LogP contribution in [0.2, 0.25) is 0 Å². The van der Waals surface area contributed by atoms with Gasteiger partial charge >= 0.3 is 0 Å². The fraction of sp³-hybridized carbons (Fsp3) is 0.350. The number of nitrogens with zero attached hydrogens (tertiary/aromatic N) is 2. The molecule has 2 atom stereocenters. The predicted octanol–water partition coefficient (Wildman–Crippen LogP) is 3.94. The van der Waals surface area contributed by atoms with Crippen LogP contribution in [0, 0.1) is 0 Å². The second-order valence-corrected chi connectivity index (χ2v) is 6.25. The summed E-state index contributed by atoms with van der Waals surface area (Å²) < 4.78 is 0. The normalized spacial score (nSPS) is 18.9. The monoisotopic (exact) mass is 308 g/mol. The largest absolute Gasteiger partial charge is 0.395 e. The van der Waals surface area contributed by atoms with Gasteiger partial charge in [0.2, 0.25) is 0 Å². The summed E-state index contributed by atoms with van der Waals surface area (Å²) in [6.45, 7) is 2.33. The molecule has 0 bridgehead atoms. The standard InChI is InChI=1S/C20H24N2O/c1-15-11-12-18-19(9-6-10-20(18)22(15)2)21-13-17(14-23)16-7-4-3-5-8-16/h3-10,13,15,17,23H,11-12,14H2,1-2H3/b21-13+. The molecule has 120 valence electrons.